The summed E-state index contributed by atoms with van der Waals surface area (Å²) >= 11 is 0. The Morgan fingerprint density at radius 2 is 1.60 bits per heavy atom. The van der Waals surface area contributed by atoms with Crippen LogP contribution in [-0.2, 0) is 23.9 Å². The minimum atomic E-state index is -4.17. The van der Waals surface area contributed by atoms with E-state index in [1.54, 1.807) is 20.8 Å². The number of alkyl halides is 2. The summed E-state index contributed by atoms with van der Waals surface area (Å²) in [5.74, 6) is -8.43. The summed E-state index contributed by atoms with van der Waals surface area (Å²) in [6, 6.07) is 0. The maximum Gasteiger partial charge on any atom is 0.375 e. The van der Waals surface area contributed by atoms with Gasteiger partial charge in [0.1, 0.15) is 19.6 Å². The first-order valence-electron chi connectivity index (χ1n) is 5.97. The SMILES string of the molecule is CCC(C)(C)C(=O)OCCOC(=O)CC(F)(F)C(=O)O. The fourth-order valence-electron chi connectivity index (χ4n) is 0.937. The predicted molar refractivity (Wildman–Crippen MR) is 63.2 cm³/mol. The fraction of sp³-hybridized carbons (Fsp3) is 0.750. The Hall–Kier alpha value is -1.73. The van der Waals surface area contributed by atoms with Crippen LogP contribution in [0.25, 0.3) is 0 Å². The van der Waals surface area contributed by atoms with Crippen LogP contribution in [0.1, 0.15) is 33.6 Å². The molecule has 0 aromatic heterocycles. The molecule has 0 heterocycles. The maximum absolute atomic E-state index is 12.7. The normalized spacial score (nSPS) is 11.8. The van der Waals surface area contributed by atoms with E-state index >= 15 is 0 Å². The molecule has 0 aromatic rings. The third kappa shape index (κ3) is 5.94. The van der Waals surface area contributed by atoms with Crippen LogP contribution in [0.2, 0.25) is 0 Å². The van der Waals surface area contributed by atoms with E-state index in [1.807, 2.05) is 0 Å². The lowest BCUT2D eigenvalue weighted by Gasteiger charge is -2.20. The summed E-state index contributed by atoms with van der Waals surface area (Å²) in [5.41, 5.74) is -0.680. The molecule has 0 amide bonds. The second-order valence-electron chi connectivity index (χ2n) is 4.78. The molecule has 0 saturated carbocycles. The maximum atomic E-state index is 12.7. The summed E-state index contributed by atoms with van der Waals surface area (Å²) in [6.45, 7) is 4.48. The quantitative estimate of drug-likeness (QED) is 0.540. The van der Waals surface area contributed by atoms with Crippen molar-refractivity contribution in [1.29, 1.82) is 0 Å². The largest absolute Gasteiger partial charge is 0.477 e. The van der Waals surface area contributed by atoms with Crippen LogP contribution >= 0.6 is 0 Å². The number of carboxylic acids is 1. The van der Waals surface area contributed by atoms with Crippen molar-refractivity contribution in [3.63, 3.8) is 0 Å². The van der Waals surface area contributed by atoms with Gasteiger partial charge in [0, 0.05) is 0 Å². The molecule has 0 radical (unpaired) electrons. The number of hydrogen-bond donors (Lipinski definition) is 1. The monoisotopic (exact) mass is 296 g/mol. The third-order valence-corrected chi connectivity index (χ3v) is 2.70. The molecule has 116 valence electrons. The number of ether oxygens (including phenoxy) is 2. The molecule has 0 aliphatic rings. The van der Waals surface area contributed by atoms with Crippen molar-refractivity contribution < 1.29 is 37.7 Å². The highest BCUT2D eigenvalue weighted by Crippen LogP contribution is 2.21. The van der Waals surface area contributed by atoms with E-state index in [-0.39, 0.29) is 6.61 Å². The Balaban J connectivity index is 4.01. The van der Waals surface area contributed by atoms with Crippen molar-refractivity contribution in [1.82, 2.24) is 0 Å². The van der Waals surface area contributed by atoms with Gasteiger partial charge in [-0.05, 0) is 20.3 Å². The number of carbonyl (C=O) groups is 3. The van der Waals surface area contributed by atoms with Gasteiger partial charge in [0.05, 0.1) is 5.41 Å². The molecule has 0 aliphatic carbocycles. The highest BCUT2D eigenvalue weighted by atomic mass is 19.3. The van der Waals surface area contributed by atoms with E-state index in [1.165, 1.54) is 0 Å². The van der Waals surface area contributed by atoms with Gasteiger partial charge in [0.25, 0.3) is 0 Å². The summed E-state index contributed by atoms with van der Waals surface area (Å²) in [4.78, 5) is 32.5. The third-order valence-electron chi connectivity index (χ3n) is 2.70. The number of hydrogen-bond acceptors (Lipinski definition) is 5. The average Bonchev–Trinajstić information content (AvgIpc) is 2.33. The number of halogens is 2. The summed E-state index contributed by atoms with van der Waals surface area (Å²) in [6.07, 6.45) is -1.01. The molecule has 0 fully saturated rings. The van der Waals surface area contributed by atoms with E-state index in [2.05, 4.69) is 4.74 Å². The molecule has 0 rings (SSSR count). The first-order chi connectivity index (χ1) is 9.03. The number of esters is 2. The van der Waals surface area contributed by atoms with E-state index < -0.39 is 42.3 Å². The molecule has 0 aliphatic heterocycles. The number of carbonyl (C=O) groups excluding carboxylic acids is 2. The van der Waals surface area contributed by atoms with E-state index in [0.717, 1.165) is 0 Å². The lowest BCUT2D eigenvalue weighted by atomic mass is 9.91. The molecular formula is C12H18F2O6. The molecule has 6 nitrogen and oxygen atoms in total. The highest BCUT2D eigenvalue weighted by Gasteiger charge is 2.41. The van der Waals surface area contributed by atoms with Crippen molar-refractivity contribution in [2.24, 2.45) is 5.41 Å². The fourth-order valence-corrected chi connectivity index (χ4v) is 0.937. The first-order valence-corrected chi connectivity index (χ1v) is 5.97. The van der Waals surface area contributed by atoms with Crippen LogP contribution in [0.4, 0.5) is 8.78 Å². The minimum Gasteiger partial charge on any atom is -0.477 e. The van der Waals surface area contributed by atoms with E-state index in [4.69, 9.17) is 9.84 Å². The minimum absolute atomic E-state index is 0.271. The van der Waals surface area contributed by atoms with Crippen molar-refractivity contribution in [3.05, 3.63) is 0 Å². The molecule has 1 N–H and O–H groups in total. The molecule has 0 bridgehead atoms. The Labute approximate surface area is 115 Å². The van der Waals surface area contributed by atoms with Gasteiger partial charge in [-0.2, -0.15) is 8.78 Å². The summed E-state index contributed by atoms with van der Waals surface area (Å²) in [7, 11) is 0. The number of carboxylic acid groups (broad SMARTS) is 1. The van der Waals surface area contributed by atoms with Gasteiger partial charge in [0.15, 0.2) is 0 Å². The Bertz CT molecular complexity index is 378. The van der Waals surface area contributed by atoms with E-state index in [9.17, 15) is 23.2 Å². The van der Waals surface area contributed by atoms with Crippen LogP contribution < -0.4 is 0 Å². The van der Waals surface area contributed by atoms with Crippen LogP contribution in [-0.4, -0.2) is 42.2 Å². The zero-order valence-corrected chi connectivity index (χ0v) is 11.6. The zero-order valence-electron chi connectivity index (χ0n) is 11.6. The van der Waals surface area contributed by atoms with Crippen LogP contribution in [0.15, 0.2) is 0 Å². The van der Waals surface area contributed by atoms with Crippen molar-refractivity contribution >= 4 is 17.9 Å². The lowest BCUT2D eigenvalue weighted by Crippen LogP contribution is -2.32. The second-order valence-corrected chi connectivity index (χ2v) is 4.78. The van der Waals surface area contributed by atoms with Gasteiger partial charge in [-0.1, -0.05) is 6.92 Å². The summed E-state index contributed by atoms with van der Waals surface area (Å²) < 4.78 is 34.5. The van der Waals surface area contributed by atoms with E-state index in [0.29, 0.717) is 6.42 Å². The summed E-state index contributed by atoms with van der Waals surface area (Å²) in [5, 5.41) is 8.12. The van der Waals surface area contributed by atoms with Gasteiger partial charge in [-0.25, -0.2) is 4.79 Å². The molecule has 8 heteroatoms. The zero-order chi connectivity index (χ0) is 16.0. The Kier molecular flexibility index (Phi) is 6.54. The van der Waals surface area contributed by atoms with Crippen molar-refractivity contribution in [2.75, 3.05) is 13.2 Å². The molecule has 0 aromatic carbocycles. The number of rotatable bonds is 8. The molecule has 0 atom stereocenters. The lowest BCUT2D eigenvalue weighted by molar-refractivity contribution is -0.174. The molecule has 20 heavy (non-hydrogen) atoms. The number of aliphatic carboxylic acids is 1. The van der Waals surface area contributed by atoms with Crippen LogP contribution in [0, 0.1) is 5.41 Å². The molecular weight excluding hydrogens is 278 g/mol. The first kappa shape index (κ1) is 18.3. The van der Waals surface area contributed by atoms with Crippen molar-refractivity contribution in [2.45, 2.75) is 39.5 Å². The molecule has 0 unspecified atom stereocenters. The highest BCUT2D eigenvalue weighted by molar-refractivity contribution is 5.82. The van der Waals surface area contributed by atoms with Gasteiger partial charge in [-0.3, -0.25) is 9.59 Å². The smallest absolute Gasteiger partial charge is 0.375 e. The molecule has 0 spiro atoms. The van der Waals surface area contributed by atoms with Crippen LogP contribution in [0.5, 0.6) is 0 Å². The van der Waals surface area contributed by atoms with Crippen molar-refractivity contribution in [3.8, 4) is 0 Å². The predicted octanol–water partition coefficient (Wildman–Crippen LogP) is 1.62. The molecule has 0 saturated heterocycles. The van der Waals surface area contributed by atoms with Crippen LogP contribution in [0.3, 0.4) is 0 Å². The second kappa shape index (κ2) is 7.16. The standard InChI is InChI=1S/C12H18F2O6/c1-4-11(2,3)10(18)20-6-5-19-8(15)7-12(13,14)9(16)17/h4-7H2,1-3H3,(H,16,17). The Morgan fingerprint density at radius 3 is 2.05 bits per heavy atom. The topological polar surface area (TPSA) is 89.9 Å². The van der Waals surface area contributed by atoms with Gasteiger partial charge in [0.2, 0.25) is 0 Å². The Morgan fingerprint density at radius 1 is 1.10 bits per heavy atom. The van der Waals surface area contributed by atoms with Gasteiger partial charge >= 0.3 is 23.8 Å². The van der Waals surface area contributed by atoms with Gasteiger partial charge in [-0.15, -0.1) is 0 Å². The average molecular weight is 296 g/mol. The van der Waals surface area contributed by atoms with Gasteiger partial charge < -0.3 is 14.6 Å².